The molecule has 0 unspecified atom stereocenters. The van der Waals surface area contributed by atoms with Crippen LogP contribution in [0.2, 0.25) is 0 Å². The van der Waals surface area contributed by atoms with Gasteiger partial charge in [0, 0.05) is 12.6 Å². The summed E-state index contributed by atoms with van der Waals surface area (Å²) < 4.78 is 29.0. The van der Waals surface area contributed by atoms with E-state index in [0.717, 1.165) is 33.0 Å². The molecule has 0 heterocycles. The van der Waals surface area contributed by atoms with Crippen LogP contribution in [0.4, 0.5) is 5.69 Å². The number of sulfonamides is 1. The van der Waals surface area contributed by atoms with Gasteiger partial charge in [0.05, 0.1) is 10.6 Å². The summed E-state index contributed by atoms with van der Waals surface area (Å²) in [4.78, 5) is 29.1. The SMILES string of the molecule is CC[C@H](C(=O)N[C@@H](C)CC)N(Cc1ccc(C)cc1)C(=O)CN(c1cc(C)cc(C)c1)S(=O)(=O)c1ccccc1. The van der Waals surface area contributed by atoms with E-state index in [0.29, 0.717) is 12.1 Å². The van der Waals surface area contributed by atoms with Gasteiger partial charge in [-0.25, -0.2) is 8.42 Å². The van der Waals surface area contributed by atoms with Gasteiger partial charge in [0.2, 0.25) is 11.8 Å². The highest BCUT2D eigenvalue weighted by Crippen LogP contribution is 2.27. The zero-order valence-corrected chi connectivity index (χ0v) is 25.2. The number of nitrogens with one attached hydrogen (secondary N) is 1. The molecule has 3 aromatic rings. The highest BCUT2D eigenvalue weighted by atomic mass is 32.2. The van der Waals surface area contributed by atoms with Crippen molar-refractivity contribution in [2.45, 2.75) is 77.9 Å². The fourth-order valence-corrected chi connectivity index (χ4v) is 6.01. The Bertz CT molecular complexity index is 1390. The summed E-state index contributed by atoms with van der Waals surface area (Å²) in [5.74, 6) is -0.702. The fourth-order valence-electron chi connectivity index (χ4n) is 4.59. The number of anilines is 1. The van der Waals surface area contributed by atoms with E-state index in [9.17, 15) is 18.0 Å². The second kappa shape index (κ2) is 13.6. The minimum atomic E-state index is -4.09. The summed E-state index contributed by atoms with van der Waals surface area (Å²) in [6.07, 6.45) is 1.14. The van der Waals surface area contributed by atoms with Crippen molar-refractivity contribution < 1.29 is 18.0 Å². The van der Waals surface area contributed by atoms with Gasteiger partial charge in [-0.05, 0) is 81.5 Å². The van der Waals surface area contributed by atoms with Gasteiger partial charge in [-0.3, -0.25) is 13.9 Å². The fraction of sp³-hybridized carbons (Fsp3) is 0.375. The van der Waals surface area contributed by atoms with Crippen LogP contribution in [-0.4, -0.2) is 43.8 Å². The van der Waals surface area contributed by atoms with Crippen LogP contribution in [-0.2, 0) is 26.2 Å². The van der Waals surface area contributed by atoms with Crippen LogP contribution in [0.5, 0.6) is 0 Å². The van der Waals surface area contributed by atoms with Crippen LogP contribution in [0.25, 0.3) is 0 Å². The standard InChI is InChI=1S/C32H41N3O4S/c1-7-26(6)33-32(37)30(8-2)34(21-27-16-14-23(3)15-17-27)31(36)22-35(28-19-24(4)18-25(5)20-28)40(38,39)29-12-10-9-11-13-29/h9-20,26,30H,7-8,21-22H2,1-6H3,(H,33,37)/t26-,30+/m0/s1. The van der Waals surface area contributed by atoms with E-state index in [1.165, 1.54) is 17.0 Å². The second-order valence-electron chi connectivity index (χ2n) is 10.4. The number of hydrogen-bond acceptors (Lipinski definition) is 4. The van der Waals surface area contributed by atoms with Gasteiger partial charge in [-0.1, -0.05) is 67.9 Å². The van der Waals surface area contributed by atoms with Gasteiger partial charge >= 0.3 is 0 Å². The molecule has 0 aliphatic carbocycles. The molecule has 0 bridgehead atoms. The smallest absolute Gasteiger partial charge is 0.264 e. The maximum absolute atomic E-state index is 14.1. The Morgan fingerprint density at radius 3 is 1.98 bits per heavy atom. The molecule has 0 saturated carbocycles. The highest BCUT2D eigenvalue weighted by molar-refractivity contribution is 7.92. The van der Waals surface area contributed by atoms with E-state index in [4.69, 9.17) is 0 Å². The molecule has 2 amide bonds. The van der Waals surface area contributed by atoms with Crippen LogP contribution >= 0.6 is 0 Å². The summed E-state index contributed by atoms with van der Waals surface area (Å²) in [6.45, 7) is 11.3. The van der Waals surface area contributed by atoms with Crippen molar-refractivity contribution in [3.8, 4) is 0 Å². The molecule has 0 spiro atoms. The molecule has 40 heavy (non-hydrogen) atoms. The zero-order chi connectivity index (χ0) is 29.4. The minimum absolute atomic E-state index is 0.0527. The van der Waals surface area contributed by atoms with E-state index in [2.05, 4.69) is 5.32 Å². The van der Waals surface area contributed by atoms with Crippen molar-refractivity contribution in [3.05, 3.63) is 95.1 Å². The van der Waals surface area contributed by atoms with Gasteiger partial charge in [-0.2, -0.15) is 0 Å². The second-order valence-corrected chi connectivity index (χ2v) is 12.3. The average molecular weight is 564 g/mol. The van der Waals surface area contributed by atoms with Gasteiger partial charge in [0.25, 0.3) is 10.0 Å². The maximum atomic E-state index is 14.1. The van der Waals surface area contributed by atoms with Crippen molar-refractivity contribution in [2.75, 3.05) is 10.8 Å². The van der Waals surface area contributed by atoms with Gasteiger partial charge in [0.1, 0.15) is 12.6 Å². The third-order valence-electron chi connectivity index (χ3n) is 6.96. The van der Waals surface area contributed by atoms with Crippen LogP contribution in [0.3, 0.4) is 0 Å². The van der Waals surface area contributed by atoms with Crippen LogP contribution in [0.15, 0.2) is 77.7 Å². The molecule has 0 saturated heterocycles. The number of carbonyl (C=O) groups excluding carboxylic acids is 2. The largest absolute Gasteiger partial charge is 0.352 e. The van der Waals surface area contributed by atoms with Crippen molar-refractivity contribution >= 4 is 27.5 Å². The first-order chi connectivity index (χ1) is 19.0. The monoisotopic (exact) mass is 563 g/mol. The summed E-state index contributed by atoms with van der Waals surface area (Å²) in [5, 5.41) is 3.00. The first kappa shape index (κ1) is 30.9. The van der Waals surface area contributed by atoms with Crippen molar-refractivity contribution in [3.63, 3.8) is 0 Å². The third-order valence-corrected chi connectivity index (χ3v) is 8.75. The number of nitrogens with zero attached hydrogens (tertiary/aromatic N) is 2. The summed E-state index contributed by atoms with van der Waals surface area (Å²) in [7, 11) is -4.09. The van der Waals surface area contributed by atoms with E-state index in [1.54, 1.807) is 30.3 Å². The molecule has 0 aromatic heterocycles. The quantitative estimate of drug-likeness (QED) is 0.314. The molecule has 2 atom stereocenters. The lowest BCUT2D eigenvalue weighted by Crippen LogP contribution is -2.53. The molecular weight excluding hydrogens is 522 g/mol. The lowest BCUT2D eigenvalue weighted by molar-refractivity contribution is -0.140. The normalized spacial score (nSPS) is 12.8. The lowest BCUT2D eigenvalue weighted by atomic mass is 10.1. The van der Waals surface area contributed by atoms with E-state index < -0.39 is 28.5 Å². The number of carbonyl (C=O) groups is 2. The molecule has 214 valence electrons. The number of benzene rings is 3. The van der Waals surface area contributed by atoms with E-state index >= 15 is 0 Å². The Morgan fingerprint density at radius 1 is 0.825 bits per heavy atom. The van der Waals surface area contributed by atoms with Crippen LogP contribution in [0.1, 0.15) is 55.9 Å². The van der Waals surface area contributed by atoms with Crippen molar-refractivity contribution in [1.82, 2.24) is 10.2 Å². The molecular formula is C32H41N3O4S. The molecule has 0 aliphatic rings. The molecule has 0 fully saturated rings. The summed E-state index contributed by atoms with van der Waals surface area (Å²) in [6, 6.07) is 20.5. The van der Waals surface area contributed by atoms with E-state index in [1.807, 2.05) is 71.9 Å². The topological polar surface area (TPSA) is 86.8 Å². The molecule has 8 heteroatoms. The molecule has 3 rings (SSSR count). The first-order valence-corrected chi connectivity index (χ1v) is 15.2. The summed E-state index contributed by atoms with van der Waals surface area (Å²) >= 11 is 0. The third kappa shape index (κ3) is 7.72. The van der Waals surface area contributed by atoms with Crippen LogP contribution in [0, 0.1) is 20.8 Å². The Kier molecular flexibility index (Phi) is 10.5. The molecule has 1 N–H and O–H groups in total. The van der Waals surface area contributed by atoms with Crippen molar-refractivity contribution in [2.24, 2.45) is 0 Å². The Labute approximate surface area is 239 Å². The predicted octanol–water partition coefficient (Wildman–Crippen LogP) is 5.53. The Morgan fingerprint density at radius 2 is 1.43 bits per heavy atom. The van der Waals surface area contributed by atoms with Crippen molar-refractivity contribution in [1.29, 1.82) is 0 Å². The average Bonchev–Trinajstić information content (AvgIpc) is 2.92. The van der Waals surface area contributed by atoms with Crippen LogP contribution < -0.4 is 9.62 Å². The van der Waals surface area contributed by atoms with E-state index in [-0.39, 0.29) is 23.4 Å². The Balaban J connectivity index is 2.07. The highest BCUT2D eigenvalue weighted by Gasteiger charge is 2.34. The minimum Gasteiger partial charge on any atom is -0.352 e. The molecule has 7 nitrogen and oxygen atoms in total. The predicted molar refractivity (Wildman–Crippen MR) is 161 cm³/mol. The zero-order valence-electron chi connectivity index (χ0n) is 24.3. The summed E-state index contributed by atoms with van der Waals surface area (Å²) in [5.41, 5.74) is 4.11. The van der Waals surface area contributed by atoms with Gasteiger partial charge < -0.3 is 10.2 Å². The molecule has 0 aliphatic heterocycles. The first-order valence-electron chi connectivity index (χ1n) is 13.8. The lowest BCUT2D eigenvalue weighted by Gasteiger charge is -2.34. The number of hydrogen-bond donors (Lipinski definition) is 1. The number of rotatable bonds is 12. The Hall–Kier alpha value is -3.65. The van der Waals surface area contributed by atoms with Gasteiger partial charge in [0.15, 0.2) is 0 Å². The number of amides is 2. The van der Waals surface area contributed by atoms with Gasteiger partial charge in [-0.15, -0.1) is 0 Å². The molecule has 0 radical (unpaired) electrons. The molecule has 3 aromatic carbocycles. The maximum Gasteiger partial charge on any atom is 0.264 e. The number of aryl methyl sites for hydroxylation is 3.